The number of hydrogen-bond donors (Lipinski definition) is 1. The Labute approximate surface area is 185 Å². The molecular weight excluding hydrogens is 415 g/mol. The van der Waals surface area contributed by atoms with Gasteiger partial charge >= 0.3 is 0 Å². The predicted molar refractivity (Wildman–Crippen MR) is 118 cm³/mol. The highest BCUT2D eigenvalue weighted by molar-refractivity contribution is 8.00. The fourth-order valence-electron chi connectivity index (χ4n) is 3.49. The van der Waals surface area contributed by atoms with Crippen molar-refractivity contribution in [2.24, 2.45) is 0 Å². The molecule has 0 bridgehead atoms. The highest BCUT2D eigenvalue weighted by Crippen LogP contribution is 2.27. The highest BCUT2D eigenvalue weighted by atomic mass is 32.2. The lowest BCUT2D eigenvalue weighted by molar-refractivity contribution is -0.120. The molecule has 0 saturated carbocycles. The van der Waals surface area contributed by atoms with Crippen LogP contribution >= 0.6 is 11.8 Å². The number of benzene rings is 2. The maximum Gasteiger partial charge on any atom is 0.233 e. The van der Waals surface area contributed by atoms with Crippen LogP contribution in [0.2, 0.25) is 0 Å². The lowest BCUT2D eigenvalue weighted by Crippen LogP contribution is -2.36. The average Bonchev–Trinajstić information content (AvgIpc) is 3.44. The number of carbonyl (C=O) groups is 1. The van der Waals surface area contributed by atoms with Gasteiger partial charge in [0, 0.05) is 25.3 Å². The molecule has 2 atom stereocenters. The van der Waals surface area contributed by atoms with E-state index in [-0.39, 0.29) is 23.1 Å². The van der Waals surface area contributed by atoms with Crippen molar-refractivity contribution in [2.45, 2.75) is 42.7 Å². The van der Waals surface area contributed by atoms with Gasteiger partial charge < -0.3 is 10.1 Å². The molecule has 6 nitrogen and oxygen atoms in total. The van der Waals surface area contributed by atoms with Crippen LogP contribution in [0.25, 0.3) is 5.69 Å². The van der Waals surface area contributed by atoms with Crippen molar-refractivity contribution < 1.29 is 13.9 Å². The molecule has 2 aromatic carbocycles. The lowest BCUT2D eigenvalue weighted by Gasteiger charge is -2.15. The zero-order chi connectivity index (χ0) is 21.6. The van der Waals surface area contributed by atoms with Crippen LogP contribution in [-0.2, 0) is 16.0 Å². The average molecular weight is 441 g/mol. The molecule has 31 heavy (non-hydrogen) atoms. The van der Waals surface area contributed by atoms with E-state index in [9.17, 15) is 9.18 Å². The summed E-state index contributed by atoms with van der Waals surface area (Å²) in [6, 6.07) is 16.2. The van der Waals surface area contributed by atoms with E-state index in [1.54, 1.807) is 12.1 Å². The topological polar surface area (TPSA) is 69.0 Å². The fourth-order valence-corrected chi connectivity index (χ4v) is 4.40. The van der Waals surface area contributed by atoms with E-state index in [0.717, 1.165) is 36.5 Å². The maximum atomic E-state index is 13.5. The van der Waals surface area contributed by atoms with Gasteiger partial charge in [0.25, 0.3) is 0 Å². The Morgan fingerprint density at radius 1 is 1.23 bits per heavy atom. The van der Waals surface area contributed by atoms with Crippen LogP contribution in [0.15, 0.2) is 59.8 Å². The first-order valence-electron chi connectivity index (χ1n) is 10.4. The van der Waals surface area contributed by atoms with Crippen LogP contribution in [0.3, 0.4) is 0 Å². The van der Waals surface area contributed by atoms with E-state index in [0.29, 0.717) is 18.1 Å². The van der Waals surface area contributed by atoms with Gasteiger partial charge in [-0.2, -0.15) is 0 Å². The van der Waals surface area contributed by atoms with E-state index < -0.39 is 0 Å². The highest BCUT2D eigenvalue weighted by Gasteiger charge is 2.23. The van der Waals surface area contributed by atoms with Crippen LogP contribution in [0.1, 0.15) is 31.2 Å². The van der Waals surface area contributed by atoms with Gasteiger partial charge in [-0.05, 0) is 49.6 Å². The minimum absolute atomic E-state index is 0.0706. The molecule has 0 aliphatic carbocycles. The number of halogens is 1. The molecule has 1 N–H and O–H groups in total. The summed E-state index contributed by atoms with van der Waals surface area (Å²) < 4.78 is 21.0. The Bertz CT molecular complexity index is 1000. The number of rotatable bonds is 8. The molecule has 1 aliphatic rings. The molecule has 4 rings (SSSR count). The van der Waals surface area contributed by atoms with E-state index >= 15 is 0 Å². The summed E-state index contributed by atoms with van der Waals surface area (Å²) in [6.45, 7) is 3.12. The smallest absolute Gasteiger partial charge is 0.233 e. The molecule has 1 amide bonds. The van der Waals surface area contributed by atoms with Crippen molar-refractivity contribution in [1.82, 2.24) is 20.1 Å². The van der Waals surface area contributed by atoms with E-state index in [1.807, 2.05) is 41.8 Å². The molecule has 1 aromatic heterocycles. The first-order chi connectivity index (χ1) is 15.1. The van der Waals surface area contributed by atoms with Gasteiger partial charge in [0.05, 0.1) is 11.4 Å². The van der Waals surface area contributed by atoms with Crippen LogP contribution in [0.5, 0.6) is 0 Å². The van der Waals surface area contributed by atoms with Gasteiger partial charge in [-0.15, -0.1) is 10.2 Å². The summed E-state index contributed by atoms with van der Waals surface area (Å²) in [5, 5.41) is 11.9. The molecule has 0 unspecified atom stereocenters. The van der Waals surface area contributed by atoms with Crippen LogP contribution in [0, 0.1) is 5.82 Å². The normalized spacial score (nSPS) is 16.9. The largest absolute Gasteiger partial charge is 0.376 e. The number of aromatic nitrogens is 3. The molecule has 3 aromatic rings. The maximum absolute atomic E-state index is 13.5. The van der Waals surface area contributed by atoms with Crippen molar-refractivity contribution >= 4 is 17.7 Å². The van der Waals surface area contributed by atoms with Gasteiger partial charge in [0.2, 0.25) is 5.91 Å². The third-order valence-corrected chi connectivity index (χ3v) is 6.21. The molecule has 0 spiro atoms. The molecule has 1 saturated heterocycles. The first kappa shape index (κ1) is 21.5. The van der Waals surface area contributed by atoms with E-state index in [4.69, 9.17) is 4.74 Å². The third kappa shape index (κ3) is 5.51. The Hall–Kier alpha value is -2.71. The quantitative estimate of drug-likeness (QED) is 0.540. The van der Waals surface area contributed by atoms with Gasteiger partial charge in [-0.25, -0.2) is 4.39 Å². The minimum atomic E-state index is -0.366. The molecule has 0 radical (unpaired) electrons. The summed E-state index contributed by atoms with van der Waals surface area (Å²) in [4.78, 5) is 12.6. The molecule has 8 heteroatoms. The summed E-state index contributed by atoms with van der Waals surface area (Å²) in [7, 11) is 0. The summed E-state index contributed by atoms with van der Waals surface area (Å²) in [5.74, 6) is 0.351. The third-order valence-electron chi connectivity index (χ3n) is 5.17. The second-order valence-electron chi connectivity index (χ2n) is 7.51. The Kier molecular flexibility index (Phi) is 6.99. The molecule has 1 aliphatic heterocycles. The van der Waals surface area contributed by atoms with Crippen molar-refractivity contribution in [3.63, 3.8) is 0 Å². The number of carbonyl (C=O) groups excluding carboxylic acids is 1. The summed E-state index contributed by atoms with van der Waals surface area (Å²) >= 11 is 1.33. The summed E-state index contributed by atoms with van der Waals surface area (Å²) in [5.41, 5.74) is 1.85. The second-order valence-corrected chi connectivity index (χ2v) is 8.82. The van der Waals surface area contributed by atoms with E-state index in [2.05, 4.69) is 15.5 Å². The Morgan fingerprint density at radius 2 is 2.00 bits per heavy atom. The van der Waals surface area contributed by atoms with Gasteiger partial charge in [-0.3, -0.25) is 9.36 Å². The Morgan fingerprint density at radius 3 is 2.71 bits per heavy atom. The van der Waals surface area contributed by atoms with Gasteiger partial charge in [-0.1, -0.05) is 42.1 Å². The molecule has 162 valence electrons. The summed E-state index contributed by atoms with van der Waals surface area (Å²) in [6.07, 6.45) is 2.69. The van der Waals surface area contributed by atoms with Gasteiger partial charge in [0.1, 0.15) is 11.6 Å². The SMILES string of the molecule is C[C@H](Sc1nnc(Cc2ccccc2)n1-c1ccc(F)cc1)C(=O)NC[C@@H]1CCCO1. The zero-order valence-electron chi connectivity index (χ0n) is 17.3. The predicted octanol–water partition coefficient (Wildman–Crippen LogP) is 3.77. The lowest BCUT2D eigenvalue weighted by atomic mass is 10.1. The number of thioether (sulfide) groups is 1. The number of nitrogens with zero attached hydrogens (tertiary/aromatic N) is 3. The molecule has 1 fully saturated rings. The van der Waals surface area contributed by atoms with Crippen molar-refractivity contribution in [3.8, 4) is 5.69 Å². The van der Waals surface area contributed by atoms with Crippen LogP contribution in [0.4, 0.5) is 4.39 Å². The standard InChI is InChI=1S/C23H25FN4O2S/c1-16(22(29)25-15-20-8-5-13-30-20)31-23-27-26-21(14-17-6-3-2-4-7-17)28(23)19-11-9-18(24)10-12-19/h2-4,6-7,9-12,16,20H,5,8,13-15H2,1H3,(H,25,29)/t16-,20-/m0/s1. The monoisotopic (exact) mass is 440 g/mol. The van der Waals surface area contributed by atoms with Gasteiger partial charge in [0.15, 0.2) is 5.16 Å². The number of hydrogen-bond acceptors (Lipinski definition) is 5. The number of nitrogens with one attached hydrogen (secondary N) is 1. The fraction of sp³-hybridized carbons (Fsp3) is 0.348. The van der Waals surface area contributed by atoms with E-state index in [1.165, 1.54) is 23.9 Å². The Balaban J connectivity index is 1.53. The van der Waals surface area contributed by atoms with Crippen LogP contribution < -0.4 is 5.32 Å². The number of ether oxygens (including phenoxy) is 1. The first-order valence-corrected chi connectivity index (χ1v) is 11.3. The second kappa shape index (κ2) is 10.1. The van der Waals surface area contributed by atoms with Crippen molar-refractivity contribution in [2.75, 3.05) is 13.2 Å². The minimum Gasteiger partial charge on any atom is -0.376 e. The number of amides is 1. The van der Waals surface area contributed by atoms with Crippen molar-refractivity contribution in [1.29, 1.82) is 0 Å². The van der Waals surface area contributed by atoms with Crippen LogP contribution in [-0.4, -0.2) is 45.2 Å². The van der Waals surface area contributed by atoms with Crippen molar-refractivity contribution in [3.05, 3.63) is 71.8 Å². The molecule has 2 heterocycles. The zero-order valence-corrected chi connectivity index (χ0v) is 18.1. The molecular formula is C23H25FN4O2S.